The van der Waals surface area contributed by atoms with Gasteiger partial charge in [0.25, 0.3) is 11.8 Å². The molecule has 0 unspecified atom stereocenters. The molecule has 1 aliphatic heterocycles. The van der Waals surface area contributed by atoms with Gasteiger partial charge in [-0.05, 0) is 74.1 Å². The molecule has 0 bridgehead atoms. The lowest BCUT2D eigenvalue weighted by Gasteiger charge is -2.28. The van der Waals surface area contributed by atoms with E-state index in [4.69, 9.17) is 0 Å². The standard InChI is InChI=1S/C28H26N2O3/c1-17-12-18(2)14-21(13-17)15-22-9-5-6-10-23(22)16-24-26(31)29-28(33)30(27(24)32)25-11-7-8-19(3)20(25)4/h5-14,16H,15H2,1-4H3,(H,29,31,33)/b24-16+. The zero-order valence-electron chi connectivity index (χ0n) is 19.2. The monoisotopic (exact) mass is 438 g/mol. The number of hydrogen-bond donors (Lipinski definition) is 1. The molecule has 4 amide bonds. The third kappa shape index (κ3) is 4.48. The van der Waals surface area contributed by atoms with Gasteiger partial charge in [-0.1, -0.05) is 65.7 Å². The van der Waals surface area contributed by atoms with Crippen LogP contribution in [0, 0.1) is 27.7 Å². The van der Waals surface area contributed by atoms with Crippen molar-refractivity contribution in [3.05, 3.63) is 105 Å². The molecule has 0 atom stereocenters. The van der Waals surface area contributed by atoms with E-state index in [2.05, 4.69) is 37.4 Å². The van der Waals surface area contributed by atoms with Crippen molar-refractivity contribution in [1.82, 2.24) is 5.32 Å². The summed E-state index contributed by atoms with van der Waals surface area (Å²) in [5.41, 5.74) is 7.46. The maximum absolute atomic E-state index is 13.3. The van der Waals surface area contributed by atoms with Gasteiger partial charge in [0.15, 0.2) is 0 Å². The lowest BCUT2D eigenvalue weighted by Crippen LogP contribution is -2.54. The van der Waals surface area contributed by atoms with Gasteiger partial charge in [0, 0.05) is 0 Å². The third-order valence-electron chi connectivity index (χ3n) is 5.95. The number of aryl methyl sites for hydroxylation is 3. The quantitative estimate of drug-likeness (QED) is 0.451. The Kier molecular flexibility index (Phi) is 5.97. The minimum absolute atomic E-state index is 0.0663. The van der Waals surface area contributed by atoms with Crippen LogP contribution in [0.25, 0.3) is 6.08 Å². The van der Waals surface area contributed by atoms with Gasteiger partial charge in [-0.2, -0.15) is 0 Å². The Morgan fingerprint density at radius 1 is 0.848 bits per heavy atom. The number of carbonyl (C=O) groups excluding carboxylic acids is 3. The number of rotatable bonds is 4. The van der Waals surface area contributed by atoms with Crippen molar-refractivity contribution < 1.29 is 14.4 Å². The van der Waals surface area contributed by atoms with Crippen molar-refractivity contribution in [2.45, 2.75) is 34.1 Å². The Balaban J connectivity index is 1.74. The predicted octanol–water partition coefficient (Wildman–Crippen LogP) is 5.18. The molecule has 0 radical (unpaired) electrons. The summed E-state index contributed by atoms with van der Waals surface area (Å²) >= 11 is 0. The Hall–Kier alpha value is -3.99. The zero-order chi connectivity index (χ0) is 23.7. The van der Waals surface area contributed by atoms with E-state index in [-0.39, 0.29) is 5.57 Å². The largest absolute Gasteiger partial charge is 0.335 e. The third-order valence-corrected chi connectivity index (χ3v) is 5.95. The van der Waals surface area contributed by atoms with E-state index in [0.717, 1.165) is 32.7 Å². The molecule has 1 heterocycles. The Morgan fingerprint density at radius 2 is 1.55 bits per heavy atom. The molecule has 1 fully saturated rings. The first-order chi connectivity index (χ1) is 15.7. The van der Waals surface area contributed by atoms with E-state index in [1.807, 2.05) is 44.2 Å². The van der Waals surface area contributed by atoms with E-state index in [9.17, 15) is 14.4 Å². The van der Waals surface area contributed by atoms with Gasteiger partial charge in [0.2, 0.25) is 0 Å². The number of amides is 4. The molecule has 1 N–H and O–H groups in total. The maximum Gasteiger partial charge on any atom is 0.335 e. The van der Waals surface area contributed by atoms with Gasteiger partial charge in [0.05, 0.1) is 5.69 Å². The van der Waals surface area contributed by atoms with Crippen molar-refractivity contribution in [1.29, 1.82) is 0 Å². The first kappa shape index (κ1) is 22.2. The van der Waals surface area contributed by atoms with Crippen LogP contribution in [-0.2, 0) is 16.0 Å². The molecule has 5 nitrogen and oxygen atoms in total. The van der Waals surface area contributed by atoms with Crippen LogP contribution in [0.3, 0.4) is 0 Å². The summed E-state index contributed by atoms with van der Waals surface area (Å²) in [6, 6.07) is 18.8. The molecular weight excluding hydrogens is 412 g/mol. The number of barbiturate groups is 1. The fourth-order valence-electron chi connectivity index (χ4n) is 4.24. The number of imide groups is 2. The van der Waals surface area contributed by atoms with Crippen LogP contribution in [0.1, 0.15) is 38.9 Å². The first-order valence-corrected chi connectivity index (χ1v) is 10.9. The van der Waals surface area contributed by atoms with Crippen LogP contribution < -0.4 is 10.2 Å². The van der Waals surface area contributed by atoms with Crippen LogP contribution >= 0.6 is 0 Å². The van der Waals surface area contributed by atoms with Crippen LogP contribution in [-0.4, -0.2) is 17.8 Å². The highest BCUT2D eigenvalue weighted by Gasteiger charge is 2.37. The summed E-state index contributed by atoms with van der Waals surface area (Å²) in [7, 11) is 0. The molecule has 0 saturated carbocycles. The predicted molar refractivity (Wildman–Crippen MR) is 130 cm³/mol. The smallest absolute Gasteiger partial charge is 0.273 e. The van der Waals surface area contributed by atoms with E-state index >= 15 is 0 Å². The van der Waals surface area contributed by atoms with Crippen molar-refractivity contribution in [2.24, 2.45) is 0 Å². The normalized spacial score (nSPS) is 15.2. The number of carbonyl (C=O) groups is 3. The number of hydrogen-bond acceptors (Lipinski definition) is 3. The van der Waals surface area contributed by atoms with Crippen LogP contribution in [0.2, 0.25) is 0 Å². The minimum Gasteiger partial charge on any atom is -0.273 e. The Morgan fingerprint density at radius 3 is 2.27 bits per heavy atom. The van der Waals surface area contributed by atoms with E-state index < -0.39 is 17.8 Å². The van der Waals surface area contributed by atoms with Gasteiger partial charge in [-0.15, -0.1) is 0 Å². The SMILES string of the molecule is Cc1cc(C)cc(Cc2ccccc2/C=C2\C(=O)NC(=O)N(c3cccc(C)c3C)C2=O)c1. The van der Waals surface area contributed by atoms with E-state index in [0.29, 0.717) is 12.1 Å². The fourth-order valence-corrected chi connectivity index (χ4v) is 4.24. The summed E-state index contributed by atoms with van der Waals surface area (Å²) in [4.78, 5) is 39.6. The van der Waals surface area contributed by atoms with E-state index in [1.165, 1.54) is 11.1 Å². The molecule has 3 aromatic rings. The molecule has 0 spiro atoms. The molecule has 4 rings (SSSR count). The van der Waals surface area contributed by atoms with Crippen LogP contribution in [0.4, 0.5) is 10.5 Å². The van der Waals surface area contributed by atoms with Gasteiger partial charge < -0.3 is 0 Å². The number of nitrogens with zero attached hydrogens (tertiary/aromatic N) is 1. The van der Waals surface area contributed by atoms with Gasteiger partial charge in [-0.25, -0.2) is 9.69 Å². The molecule has 1 aliphatic rings. The Bertz CT molecular complexity index is 1300. The molecule has 3 aromatic carbocycles. The second-order valence-corrected chi connectivity index (χ2v) is 8.55. The van der Waals surface area contributed by atoms with Gasteiger partial charge in [0.1, 0.15) is 5.57 Å². The highest BCUT2D eigenvalue weighted by Crippen LogP contribution is 2.28. The highest BCUT2D eigenvalue weighted by atomic mass is 16.2. The number of anilines is 1. The van der Waals surface area contributed by atoms with Gasteiger partial charge >= 0.3 is 6.03 Å². The van der Waals surface area contributed by atoms with Crippen LogP contribution in [0.5, 0.6) is 0 Å². The summed E-state index contributed by atoms with van der Waals surface area (Å²) in [5, 5.41) is 2.32. The van der Waals surface area contributed by atoms with Crippen molar-refractivity contribution in [3.8, 4) is 0 Å². The molecule has 1 saturated heterocycles. The average molecular weight is 439 g/mol. The maximum atomic E-state index is 13.3. The lowest BCUT2D eigenvalue weighted by molar-refractivity contribution is -0.122. The van der Waals surface area contributed by atoms with Crippen LogP contribution in [0.15, 0.2) is 66.2 Å². The molecule has 0 aromatic heterocycles. The van der Waals surface area contributed by atoms with Crippen molar-refractivity contribution in [2.75, 3.05) is 4.90 Å². The molecule has 0 aliphatic carbocycles. The number of nitrogens with one attached hydrogen (secondary N) is 1. The first-order valence-electron chi connectivity index (χ1n) is 10.9. The summed E-state index contributed by atoms with van der Waals surface area (Å²) in [6.07, 6.45) is 2.25. The van der Waals surface area contributed by atoms with Crippen molar-refractivity contribution >= 4 is 29.6 Å². The molecule has 33 heavy (non-hydrogen) atoms. The van der Waals surface area contributed by atoms with Crippen molar-refractivity contribution in [3.63, 3.8) is 0 Å². The average Bonchev–Trinajstić information content (AvgIpc) is 2.74. The minimum atomic E-state index is -0.737. The number of benzene rings is 3. The highest BCUT2D eigenvalue weighted by molar-refractivity contribution is 6.39. The van der Waals surface area contributed by atoms with Gasteiger partial charge in [-0.3, -0.25) is 14.9 Å². The zero-order valence-corrected chi connectivity index (χ0v) is 19.2. The second kappa shape index (κ2) is 8.87. The summed E-state index contributed by atoms with van der Waals surface area (Å²) in [6.45, 7) is 7.89. The molecule has 5 heteroatoms. The summed E-state index contributed by atoms with van der Waals surface area (Å²) < 4.78 is 0. The Labute approximate surface area is 193 Å². The lowest BCUT2D eigenvalue weighted by atomic mass is 9.95. The fraction of sp³-hybridized carbons (Fsp3) is 0.179. The topological polar surface area (TPSA) is 66.5 Å². The molecular formula is C28H26N2O3. The van der Waals surface area contributed by atoms with E-state index in [1.54, 1.807) is 18.2 Å². The second-order valence-electron chi connectivity index (χ2n) is 8.55. The molecule has 166 valence electrons. The summed E-state index contributed by atoms with van der Waals surface area (Å²) in [5.74, 6) is -1.31. The number of urea groups is 1.